The van der Waals surface area contributed by atoms with Gasteiger partial charge in [0.1, 0.15) is 0 Å². The van der Waals surface area contributed by atoms with Gasteiger partial charge >= 0.3 is 0 Å². The lowest BCUT2D eigenvalue weighted by atomic mass is 9.95. The minimum Gasteiger partial charge on any atom is -0.325 e. The highest BCUT2D eigenvalue weighted by atomic mass is 32.2. The Morgan fingerprint density at radius 1 is 1.19 bits per heavy atom. The van der Waals surface area contributed by atoms with Crippen LogP contribution in [0.5, 0.6) is 0 Å². The second-order valence-electron chi connectivity index (χ2n) is 5.13. The van der Waals surface area contributed by atoms with Gasteiger partial charge in [-0.2, -0.15) is 0 Å². The van der Waals surface area contributed by atoms with Crippen molar-refractivity contribution in [3.05, 3.63) is 59.7 Å². The molecule has 2 aromatic carbocycles. The first-order valence-corrected chi connectivity index (χ1v) is 8.24. The molecule has 0 saturated carbocycles. The molecule has 3 nitrogen and oxygen atoms in total. The predicted molar refractivity (Wildman–Crippen MR) is 87.6 cm³/mol. The molecule has 4 heteroatoms. The summed E-state index contributed by atoms with van der Waals surface area (Å²) in [6, 6.07) is 16.0. The fourth-order valence-corrected chi connectivity index (χ4v) is 3.03. The average molecular weight is 298 g/mol. The van der Waals surface area contributed by atoms with E-state index in [9.17, 15) is 4.79 Å². The smallest absolute Gasteiger partial charge is 0.241 e. The van der Waals surface area contributed by atoms with Crippen LogP contribution in [0.25, 0.3) is 0 Å². The number of anilines is 1. The molecule has 1 amide bonds. The Bertz CT molecular complexity index is 657. The highest BCUT2D eigenvalue weighted by molar-refractivity contribution is 7.98. The van der Waals surface area contributed by atoms with Crippen molar-refractivity contribution in [1.82, 2.24) is 5.32 Å². The minimum absolute atomic E-state index is 0.0303. The minimum atomic E-state index is -0.169. The number of nitrogens with one attached hydrogen (secondary N) is 2. The molecular weight excluding hydrogens is 280 g/mol. The van der Waals surface area contributed by atoms with Crippen molar-refractivity contribution in [2.24, 2.45) is 0 Å². The van der Waals surface area contributed by atoms with Gasteiger partial charge in [0.25, 0.3) is 0 Å². The van der Waals surface area contributed by atoms with Gasteiger partial charge in [-0.05, 0) is 42.0 Å². The monoisotopic (exact) mass is 298 g/mol. The molecule has 0 bridgehead atoms. The van der Waals surface area contributed by atoms with Crippen molar-refractivity contribution in [3.63, 3.8) is 0 Å². The summed E-state index contributed by atoms with van der Waals surface area (Å²) < 4.78 is 0. The summed E-state index contributed by atoms with van der Waals surface area (Å²) in [6.07, 6.45) is 2.77. The summed E-state index contributed by atoms with van der Waals surface area (Å²) in [6.45, 7) is 0.749. The second-order valence-corrected chi connectivity index (χ2v) is 6.01. The van der Waals surface area contributed by atoms with Gasteiger partial charge < -0.3 is 10.6 Å². The molecule has 2 N–H and O–H groups in total. The molecular formula is C17H18N2OS. The van der Waals surface area contributed by atoms with Crippen LogP contribution in [0.1, 0.15) is 11.1 Å². The van der Waals surface area contributed by atoms with Gasteiger partial charge in [0.2, 0.25) is 5.91 Å². The predicted octanol–water partition coefficient (Wildman–Crippen LogP) is 3.06. The highest BCUT2D eigenvalue weighted by Gasteiger charge is 2.23. The second kappa shape index (κ2) is 6.33. The van der Waals surface area contributed by atoms with E-state index < -0.39 is 0 Å². The van der Waals surface area contributed by atoms with Gasteiger partial charge in [0, 0.05) is 17.1 Å². The molecule has 2 aromatic rings. The molecule has 1 unspecified atom stereocenters. The lowest BCUT2D eigenvalue weighted by Gasteiger charge is -2.25. The van der Waals surface area contributed by atoms with Gasteiger partial charge in [0.15, 0.2) is 0 Å². The normalized spacial score (nSPS) is 17.1. The molecule has 108 valence electrons. The first-order valence-electron chi connectivity index (χ1n) is 7.01. The molecule has 1 atom stereocenters. The van der Waals surface area contributed by atoms with Crippen molar-refractivity contribution >= 4 is 23.4 Å². The third-order valence-corrected chi connectivity index (χ3v) is 4.46. The number of carbonyl (C=O) groups excluding carboxylic acids is 1. The van der Waals surface area contributed by atoms with Gasteiger partial charge in [-0.25, -0.2) is 0 Å². The summed E-state index contributed by atoms with van der Waals surface area (Å²) in [5.41, 5.74) is 3.40. The summed E-state index contributed by atoms with van der Waals surface area (Å²) in [4.78, 5) is 13.5. The Kier molecular flexibility index (Phi) is 4.27. The fourth-order valence-electron chi connectivity index (χ4n) is 2.57. The Hall–Kier alpha value is -1.78. The third-order valence-electron chi connectivity index (χ3n) is 3.74. The van der Waals surface area contributed by atoms with Crippen LogP contribution in [0, 0.1) is 0 Å². The maximum absolute atomic E-state index is 12.4. The molecule has 0 spiro atoms. The van der Waals surface area contributed by atoms with Crippen molar-refractivity contribution < 1.29 is 4.79 Å². The first-order chi connectivity index (χ1) is 10.3. The Balaban J connectivity index is 1.69. The van der Waals surface area contributed by atoms with Crippen LogP contribution in [0.4, 0.5) is 5.69 Å². The van der Waals surface area contributed by atoms with E-state index in [0.717, 1.165) is 23.5 Å². The van der Waals surface area contributed by atoms with E-state index in [-0.39, 0.29) is 11.9 Å². The van der Waals surface area contributed by atoms with E-state index in [0.29, 0.717) is 0 Å². The standard InChI is InChI=1S/C17H18N2OS/c1-21-15-8-4-7-14(10-15)19-17(20)16-9-12-5-2-3-6-13(12)11-18-16/h2-8,10,16,18H,9,11H2,1H3,(H,19,20). The van der Waals surface area contributed by atoms with E-state index >= 15 is 0 Å². The van der Waals surface area contributed by atoms with Crippen LogP contribution in [-0.4, -0.2) is 18.2 Å². The number of amides is 1. The quantitative estimate of drug-likeness (QED) is 0.856. The van der Waals surface area contributed by atoms with E-state index in [2.05, 4.69) is 22.8 Å². The van der Waals surface area contributed by atoms with E-state index in [4.69, 9.17) is 0 Å². The van der Waals surface area contributed by atoms with Crippen LogP contribution in [0.3, 0.4) is 0 Å². The van der Waals surface area contributed by atoms with E-state index in [1.165, 1.54) is 11.1 Å². The number of fused-ring (bicyclic) bond motifs is 1. The molecule has 1 aliphatic heterocycles. The van der Waals surface area contributed by atoms with Crippen LogP contribution in [0.15, 0.2) is 53.4 Å². The Labute approximate surface area is 129 Å². The molecule has 1 aliphatic rings. The summed E-state index contributed by atoms with van der Waals surface area (Å²) in [7, 11) is 0. The summed E-state index contributed by atoms with van der Waals surface area (Å²) in [5.74, 6) is 0.0303. The van der Waals surface area contributed by atoms with Gasteiger partial charge in [-0.3, -0.25) is 4.79 Å². The zero-order valence-electron chi connectivity index (χ0n) is 11.9. The first kappa shape index (κ1) is 14.2. The molecule has 21 heavy (non-hydrogen) atoms. The van der Waals surface area contributed by atoms with Gasteiger partial charge in [0.05, 0.1) is 6.04 Å². The zero-order valence-corrected chi connectivity index (χ0v) is 12.7. The molecule has 1 heterocycles. The summed E-state index contributed by atoms with van der Waals surface area (Å²) >= 11 is 1.67. The summed E-state index contributed by atoms with van der Waals surface area (Å²) in [5, 5.41) is 6.31. The Morgan fingerprint density at radius 2 is 2.00 bits per heavy atom. The van der Waals surface area contributed by atoms with Gasteiger partial charge in [-0.1, -0.05) is 30.3 Å². The largest absolute Gasteiger partial charge is 0.325 e. The maximum atomic E-state index is 12.4. The van der Waals surface area contributed by atoms with E-state index in [1.54, 1.807) is 11.8 Å². The number of rotatable bonds is 3. The fraction of sp³-hybridized carbons (Fsp3) is 0.235. The van der Waals surface area contributed by atoms with Crippen molar-refractivity contribution in [2.45, 2.75) is 23.9 Å². The van der Waals surface area contributed by atoms with Crippen molar-refractivity contribution in [3.8, 4) is 0 Å². The number of carbonyl (C=O) groups is 1. The lowest BCUT2D eigenvalue weighted by Crippen LogP contribution is -2.44. The maximum Gasteiger partial charge on any atom is 0.241 e. The molecule has 3 rings (SSSR count). The van der Waals surface area contributed by atoms with Crippen LogP contribution < -0.4 is 10.6 Å². The molecule has 0 aromatic heterocycles. The average Bonchev–Trinajstić information content (AvgIpc) is 2.54. The van der Waals surface area contributed by atoms with Crippen LogP contribution in [-0.2, 0) is 17.8 Å². The zero-order chi connectivity index (χ0) is 14.7. The number of thioether (sulfide) groups is 1. The van der Waals surface area contributed by atoms with Crippen molar-refractivity contribution in [1.29, 1.82) is 0 Å². The van der Waals surface area contributed by atoms with Crippen molar-refractivity contribution in [2.75, 3.05) is 11.6 Å². The Morgan fingerprint density at radius 3 is 2.81 bits per heavy atom. The van der Waals surface area contributed by atoms with Crippen LogP contribution in [0.2, 0.25) is 0 Å². The van der Waals surface area contributed by atoms with Crippen LogP contribution >= 0.6 is 11.8 Å². The molecule has 0 aliphatic carbocycles. The molecule has 0 saturated heterocycles. The number of hydrogen-bond donors (Lipinski definition) is 2. The lowest BCUT2D eigenvalue weighted by molar-refractivity contribution is -0.118. The van der Waals surface area contributed by atoms with Gasteiger partial charge in [-0.15, -0.1) is 11.8 Å². The van der Waals surface area contributed by atoms with E-state index in [1.807, 2.05) is 42.7 Å². The topological polar surface area (TPSA) is 41.1 Å². The number of hydrogen-bond acceptors (Lipinski definition) is 3. The highest BCUT2D eigenvalue weighted by Crippen LogP contribution is 2.20. The molecule has 0 fully saturated rings. The third kappa shape index (κ3) is 3.28. The SMILES string of the molecule is CSc1cccc(NC(=O)C2Cc3ccccc3CN2)c1. The number of benzene rings is 2. The molecule has 0 radical (unpaired) electrons.